The van der Waals surface area contributed by atoms with Crippen molar-refractivity contribution in [3.05, 3.63) is 23.2 Å². The van der Waals surface area contributed by atoms with Gasteiger partial charge in [0.05, 0.1) is 0 Å². The van der Waals surface area contributed by atoms with Gasteiger partial charge >= 0.3 is 0 Å². The van der Waals surface area contributed by atoms with Gasteiger partial charge in [0.1, 0.15) is 11.5 Å². The van der Waals surface area contributed by atoms with E-state index in [1.165, 1.54) is 5.56 Å². The van der Waals surface area contributed by atoms with Crippen molar-refractivity contribution in [3.8, 4) is 0 Å². The molecule has 0 radical (unpaired) electrons. The Balaban J connectivity index is 0.000000500. The van der Waals surface area contributed by atoms with E-state index in [1.54, 1.807) is 0 Å². The molecule has 0 spiro atoms. The lowest BCUT2D eigenvalue weighted by Crippen LogP contribution is -1.90. The van der Waals surface area contributed by atoms with Crippen molar-refractivity contribution < 1.29 is 4.42 Å². The van der Waals surface area contributed by atoms with E-state index in [1.807, 2.05) is 13.8 Å². The first-order valence-electron chi connectivity index (χ1n) is 5.27. The highest BCUT2D eigenvalue weighted by Gasteiger charge is 2.04. The van der Waals surface area contributed by atoms with Crippen molar-refractivity contribution >= 4 is 0 Å². The summed E-state index contributed by atoms with van der Waals surface area (Å²) < 4.78 is 5.53. The Morgan fingerprint density at radius 2 is 1.86 bits per heavy atom. The standard InChI is InChI=1S/C10H16O.C2H7N/c1-7(2)5-10-6-8(3)9(4)11-10;1-2-3/h6-7H,5H2,1-4H3;2-3H2,1H3. The number of aryl methyl sites for hydroxylation is 2. The van der Waals surface area contributed by atoms with Gasteiger partial charge in [0.15, 0.2) is 0 Å². The summed E-state index contributed by atoms with van der Waals surface area (Å²) in [4.78, 5) is 0. The van der Waals surface area contributed by atoms with Crippen LogP contribution in [-0.2, 0) is 6.42 Å². The smallest absolute Gasteiger partial charge is 0.104 e. The Bertz CT molecular complexity index is 231. The second-order valence-electron chi connectivity index (χ2n) is 3.96. The maximum atomic E-state index is 5.53. The highest BCUT2D eigenvalue weighted by atomic mass is 16.3. The molecule has 1 aromatic heterocycles. The van der Waals surface area contributed by atoms with E-state index in [-0.39, 0.29) is 0 Å². The zero-order valence-electron chi connectivity index (χ0n) is 10.1. The molecular weight excluding hydrogens is 174 g/mol. The molecule has 82 valence electrons. The zero-order chi connectivity index (χ0) is 11.1. The van der Waals surface area contributed by atoms with Gasteiger partial charge in [-0.3, -0.25) is 0 Å². The highest BCUT2D eigenvalue weighted by Crippen LogP contribution is 2.16. The van der Waals surface area contributed by atoms with Crippen LogP contribution in [0.1, 0.15) is 37.9 Å². The van der Waals surface area contributed by atoms with E-state index in [2.05, 4.69) is 26.8 Å². The van der Waals surface area contributed by atoms with Gasteiger partial charge in [-0.2, -0.15) is 0 Å². The largest absolute Gasteiger partial charge is 0.466 e. The molecule has 0 saturated carbocycles. The van der Waals surface area contributed by atoms with Crippen molar-refractivity contribution in [1.29, 1.82) is 0 Å². The van der Waals surface area contributed by atoms with Crippen LogP contribution in [0.4, 0.5) is 0 Å². The molecule has 0 aliphatic carbocycles. The molecule has 0 saturated heterocycles. The fourth-order valence-electron chi connectivity index (χ4n) is 1.15. The van der Waals surface area contributed by atoms with Gasteiger partial charge in [-0.25, -0.2) is 0 Å². The fraction of sp³-hybridized carbons (Fsp3) is 0.667. The number of furan rings is 1. The number of nitrogens with two attached hydrogens (primary N) is 1. The van der Waals surface area contributed by atoms with Gasteiger partial charge < -0.3 is 10.2 Å². The number of rotatable bonds is 2. The van der Waals surface area contributed by atoms with Gasteiger partial charge in [0.2, 0.25) is 0 Å². The predicted octanol–water partition coefficient (Wildman–Crippen LogP) is 3.06. The summed E-state index contributed by atoms with van der Waals surface area (Å²) in [6.45, 7) is 11.2. The number of hydrogen-bond acceptors (Lipinski definition) is 2. The first-order chi connectivity index (χ1) is 6.51. The summed E-state index contributed by atoms with van der Waals surface area (Å²) in [6.07, 6.45) is 1.05. The average Bonchev–Trinajstić information content (AvgIpc) is 2.30. The summed E-state index contributed by atoms with van der Waals surface area (Å²) in [5.41, 5.74) is 6.11. The molecule has 0 bridgehead atoms. The molecule has 0 aliphatic rings. The molecular formula is C12H23NO. The first kappa shape index (κ1) is 13.2. The lowest BCUT2D eigenvalue weighted by Gasteiger charge is -1.98. The Kier molecular flexibility index (Phi) is 6.30. The van der Waals surface area contributed by atoms with E-state index in [0.29, 0.717) is 5.92 Å². The second-order valence-corrected chi connectivity index (χ2v) is 3.96. The molecule has 1 aromatic rings. The van der Waals surface area contributed by atoms with Crippen LogP contribution >= 0.6 is 0 Å². The molecule has 0 aromatic carbocycles. The third-order valence-corrected chi connectivity index (χ3v) is 1.83. The number of hydrogen-bond donors (Lipinski definition) is 1. The quantitative estimate of drug-likeness (QED) is 0.791. The normalized spacial score (nSPS) is 9.93. The monoisotopic (exact) mass is 197 g/mol. The van der Waals surface area contributed by atoms with Crippen LogP contribution in [0.5, 0.6) is 0 Å². The molecule has 2 nitrogen and oxygen atoms in total. The van der Waals surface area contributed by atoms with E-state index >= 15 is 0 Å². The van der Waals surface area contributed by atoms with Gasteiger partial charge in [-0.15, -0.1) is 0 Å². The molecule has 14 heavy (non-hydrogen) atoms. The topological polar surface area (TPSA) is 39.2 Å². The first-order valence-corrected chi connectivity index (χ1v) is 5.27. The summed E-state index contributed by atoms with van der Waals surface area (Å²) in [5, 5.41) is 0. The van der Waals surface area contributed by atoms with E-state index in [0.717, 1.165) is 24.5 Å². The summed E-state index contributed by atoms with van der Waals surface area (Å²) >= 11 is 0. The van der Waals surface area contributed by atoms with Crippen LogP contribution in [0.2, 0.25) is 0 Å². The molecule has 0 unspecified atom stereocenters. The molecule has 2 N–H and O–H groups in total. The Hall–Kier alpha value is -0.760. The molecule has 0 atom stereocenters. The van der Waals surface area contributed by atoms with Crippen LogP contribution in [-0.4, -0.2) is 6.54 Å². The Morgan fingerprint density at radius 1 is 1.36 bits per heavy atom. The summed E-state index contributed by atoms with van der Waals surface area (Å²) in [7, 11) is 0. The van der Waals surface area contributed by atoms with Crippen LogP contribution < -0.4 is 5.73 Å². The highest BCUT2D eigenvalue weighted by molar-refractivity contribution is 5.18. The Labute approximate surface area is 87.5 Å². The van der Waals surface area contributed by atoms with Crippen LogP contribution in [0.15, 0.2) is 10.5 Å². The van der Waals surface area contributed by atoms with E-state index in [9.17, 15) is 0 Å². The van der Waals surface area contributed by atoms with Gasteiger partial charge in [0.25, 0.3) is 0 Å². The van der Waals surface area contributed by atoms with Crippen molar-refractivity contribution in [2.24, 2.45) is 11.7 Å². The van der Waals surface area contributed by atoms with Crippen LogP contribution in [0.3, 0.4) is 0 Å². The van der Waals surface area contributed by atoms with Gasteiger partial charge in [-0.05, 0) is 37.9 Å². The molecule has 0 amide bonds. The molecule has 0 aliphatic heterocycles. The lowest BCUT2D eigenvalue weighted by molar-refractivity contribution is 0.452. The van der Waals surface area contributed by atoms with Crippen LogP contribution in [0, 0.1) is 19.8 Å². The SMILES string of the molecule is CCN.Cc1cc(CC(C)C)oc1C. The third kappa shape index (κ3) is 5.07. The molecule has 0 fully saturated rings. The maximum absolute atomic E-state index is 5.53. The zero-order valence-corrected chi connectivity index (χ0v) is 10.1. The maximum Gasteiger partial charge on any atom is 0.104 e. The minimum absolute atomic E-state index is 0.681. The second kappa shape index (κ2) is 6.66. The lowest BCUT2D eigenvalue weighted by atomic mass is 10.1. The van der Waals surface area contributed by atoms with Crippen molar-refractivity contribution in [3.63, 3.8) is 0 Å². The predicted molar refractivity (Wildman–Crippen MR) is 61.5 cm³/mol. The fourth-order valence-corrected chi connectivity index (χ4v) is 1.15. The molecule has 1 rings (SSSR count). The molecule has 1 heterocycles. The van der Waals surface area contributed by atoms with Crippen LogP contribution in [0.25, 0.3) is 0 Å². The van der Waals surface area contributed by atoms with Gasteiger partial charge in [0, 0.05) is 6.42 Å². The minimum atomic E-state index is 0.681. The summed E-state index contributed by atoms with van der Waals surface area (Å²) in [6, 6.07) is 2.13. The van der Waals surface area contributed by atoms with Crippen molar-refractivity contribution in [1.82, 2.24) is 0 Å². The van der Waals surface area contributed by atoms with E-state index < -0.39 is 0 Å². The molecule has 2 heteroatoms. The average molecular weight is 197 g/mol. The third-order valence-electron chi connectivity index (χ3n) is 1.83. The van der Waals surface area contributed by atoms with Crippen molar-refractivity contribution in [2.75, 3.05) is 6.54 Å². The van der Waals surface area contributed by atoms with E-state index in [4.69, 9.17) is 10.2 Å². The minimum Gasteiger partial charge on any atom is -0.466 e. The van der Waals surface area contributed by atoms with Crippen molar-refractivity contribution in [2.45, 2.75) is 41.0 Å². The summed E-state index contributed by atoms with van der Waals surface area (Å²) in [5.74, 6) is 2.86. The van der Waals surface area contributed by atoms with Gasteiger partial charge in [-0.1, -0.05) is 20.8 Å². The Morgan fingerprint density at radius 3 is 2.14 bits per heavy atom.